The number of aryl methyl sites for hydroxylation is 1. The maximum Gasteiger partial charge on any atom is 0.284 e. The van der Waals surface area contributed by atoms with Gasteiger partial charge in [-0.1, -0.05) is 42.0 Å². The van der Waals surface area contributed by atoms with Crippen LogP contribution in [-0.2, 0) is 10.0 Å². The lowest BCUT2D eigenvalue weighted by Crippen LogP contribution is -2.17. The third-order valence-corrected chi connectivity index (χ3v) is 6.57. The number of nitrogens with one attached hydrogen (secondary N) is 2. The maximum absolute atomic E-state index is 13.5. The van der Waals surface area contributed by atoms with E-state index < -0.39 is 10.0 Å². The first-order valence-electron chi connectivity index (χ1n) is 10.1. The number of anilines is 4. The molecular weight excluding hydrogens is 440 g/mol. The summed E-state index contributed by atoms with van der Waals surface area (Å²) in [7, 11) is -0.866. The van der Waals surface area contributed by atoms with Crippen LogP contribution in [0.4, 0.5) is 23.0 Å². The van der Waals surface area contributed by atoms with Crippen molar-refractivity contribution in [3.8, 4) is 11.5 Å². The molecule has 0 aliphatic heterocycles. The van der Waals surface area contributed by atoms with E-state index >= 15 is 0 Å². The van der Waals surface area contributed by atoms with Gasteiger partial charge in [-0.2, -0.15) is 8.42 Å². The molecule has 3 aromatic carbocycles. The first-order chi connectivity index (χ1) is 15.9. The number of hydrogen-bond donors (Lipinski definition) is 2. The van der Waals surface area contributed by atoms with Crippen molar-refractivity contribution >= 4 is 33.0 Å². The minimum absolute atomic E-state index is 0.128. The Morgan fingerprint density at radius 3 is 1.91 bits per heavy atom. The Bertz CT molecular complexity index is 1370. The van der Waals surface area contributed by atoms with Crippen LogP contribution in [0.15, 0.2) is 83.8 Å². The Kier molecular flexibility index (Phi) is 6.23. The highest BCUT2D eigenvalue weighted by atomic mass is 32.2. The van der Waals surface area contributed by atoms with Gasteiger partial charge in [0.25, 0.3) is 10.0 Å². The van der Waals surface area contributed by atoms with E-state index in [9.17, 15) is 8.42 Å². The first kappa shape index (κ1) is 22.2. The molecule has 2 N–H and O–H groups in total. The van der Waals surface area contributed by atoms with Gasteiger partial charge in [-0.25, -0.2) is 0 Å². The Hall–Kier alpha value is -3.98. The third kappa shape index (κ3) is 4.63. The van der Waals surface area contributed by atoms with Gasteiger partial charge < -0.3 is 20.1 Å². The molecule has 0 amide bonds. The highest BCUT2D eigenvalue weighted by Crippen LogP contribution is 2.32. The molecule has 0 atom stereocenters. The molecule has 1 heterocycles. The van der Waals surface area contributed by atoms with E-state index in [-0.39, 0.29) is 10.7 Å². The van der Waals surface area contributed by atoms with E-state index in [4.69, 9.17) is 9.47 Å². The lowest BCUT2D eigenvalue weighted by molar-refractivity contribution is 0.416. The molecule has 1 aromatic heterocycles. The second-order valence-electron chi connectivity index (χ2n) is 7.23. The largest absolute Gasteiger partial charge is 0.495 e. The SMILES string of the molecule is COc1ccccc1Nc1cc(Nc2ccccc2OC)n(S(=O)(=O)c2ccc(C)cc2)n1. The Morgan fingerprint density at radius 2 is 1.33 bits per heavy atom. The first-order valence-corrected chi connectivity index (χ1v) is 11.6. The van der Waals surface area contributed by atoms with Gasteiger partial charge in [0.15, 0.2) is 5.82 Å². The quantitative estimate of drug-likeness (QED) is 0.382. The molecule has 0 unspecified atom stereocenters. The van der Waals surface area contributed by atoms with Crippen LogP contribution >= 0.6 is 0 Å². The van der Waals surface area contributed by atoms with E-state index in [0.717, 1.165) is 9.65 Å². The zero-order valence-corrected chi connectivity index (χ0v) is 19.3. The van der Waals surface area contributed by atoms with E-state index in [2.05, 4.69) is 15.7 Å². The average Bonchev–Trinajstić information content (AvgIpc) is 3.23. The Balaban J connectivity index is 1.80. The van der Waals surface area contributed by atoms with Crippen LogP contribution in [0.25, 0.3) is 0 Å². The lowest BCUT2D eigenvalue weighted by Gasteiger charge is -2.13. The predicted octanol–water partition coefficient (Wildman–Crippen LogP) is 4.93. The molecule has 0 saturated carbocycles. The van der Waals surface area contributed by atoms with Crippen LogP contribution in [0, 0.1) is 6.92 Å². The molecule has 8 nitrogen and oxygen atoms in total. The van der Waals surface area contributed by atoms with Gasteiger partial charge in [-0.15, -0.1) is 9.19 Å². The van der Waals surface area contributed by atoms with E-state index in [1.165, 1.54) is 0 Å². The van der Waals surface area contributed by atoms with Crippen LogP contribution < -0.4 is 20.1 Å². The summed E-state index contributed by atoms with van der Waals surface area (Å²) in [5.41, 5.74) is 2.21. The number of hydrogen-bond acceptors (Lipinski definition) is 7. The molecule has 0 fully saturated rings. The van der Waals surface area contributed by atoms with Gasteiger partial charge in [0.05, 0.1) is 30.5 Å². The molecule has 0 spiro atoms. The number of ether oxygens (including phenoxy) is 2. The molecule has 4 aromatic rings. The summed E-state index contributed by atoms with van der Waals surface area (Å²) in [6, 6.07) is 22.8. The van der Waals surface area contributed by atoms with Gasteiger partial charge in [-0.05, 0) is 43.3 Å². The summed E-state index contributed by atoms with van der Waals surface area (Å²) >= 11 is 0. The molecule has 4 rings (SSSR count). The summed E-state index contributed by atoms with van der Waals surface area (Å²) < 4.78 is 38.7. The number of rotatable bonds is 8. The standard InChI is InChI=1S/C24H24N4O4S/c1-17-12-14-18(15-13-17)33(29,30)28-24(26-20-9-5-7-11-22(20)32-3)16-23(27-28)25-19-8-4-6-10-21(19)31-2/h4-16,26H,1-3H3,(H,25,27). The van der Waals surface area contributed by atoms with Gasteiger partial charge in [-0.3, -0.25) is 0 Å². The molecule has 33 heavy (non-hydrogen) atoms. The van der Waals surface area contributed by atoms with Crippen molar-refractivity contribution < 1.29 is 17.9 Å². The fourth-order valence-electron chi connectivity index (χ4n) is 3.28. The average molecular weight is 465 g/mol. The molecule has 0 radical (unpaired) electrons. The monoisotopic (exact) mass is 464 g/mol. The minimum atomic E-state index is -3.98. The zero-order valence-electron chi connectivity index (χ0n) is 18.4. The second-order valence-corrected chi connectivity index (χ2v) is 8.99. The van der Waals surface area contributed by atoms with Crippen molar-refractivity contribution in [1.82, 2.24) is 9.19 Å². The van der Waals surface area contributed by atoms with Crippen molar-refractivity contribution in [3.63, 3.8) is 0 Å². The van der Waals surface area contributed by atoms with Gasteiger partial charge >= 0.3 is 0 Å². The van der Waals surface area contributed by atoms with Gasteiger partial charge in [0, 0.05) is 6.07 Å². The van der Waals surface area contributed by atoms with E-state index in [0.29, 0.717) is 28.7 Å². The Morgan fingerprint density at radius 1 is 0.788 bits per heavy atom. The van der Waals surface area contributed by atoms with Crippen LogP contribution in [0.3, 0.4) is 0 Å². The van der Waals surface area contributed by atoms with Crippen molar-refractivity contribution in [2.45, 2.75) is 11.8 Å². The smallest absolute Gasteiger partial charge is 0.284 e. The molecule has 0 saturated heterocycles. The molecule has 0 aliphatic rings. The van der Waals surface area contributed by atoms with Crippen molar-refractivity contribution in [2.75, 3.05) is 24.9 Å². The number of para-hydroxylation sites is 4. The van der Waals surface area contributed by atoms with E-state index in [1.54, 1.807) is 62.8 Å². The van der Waals surface area contributed by atoms with Crippen LogP contribution in [-0.4, -0.2) is 31.8 Å². The van der Waals surface area contributed by atoms with Gasteiger partial charge in [0.1, 0.15) is 17.3 Å². The summed E-state index contributed by atoms with van der Waals surface area (Å²) in [5.74, 6) is 1.75. The van der Waals surface area contributed by atoms with Crippen molar-refractivity contribution in [3.05, 3.63) is 84.4 Å². The van der Waals surface area contributed by atoms with Crippen molar-refractivity contribution in [1.29, 1.82) is 0 Å². The van der Waals surface area contributed by atoms with Crippen LogP contribution in [0.5, 0.6) is 11.5 Å². The number of benzene rings is 3. The second kappa shape index (κ2) is 9.25. The van der Waals surface area contributed by atoms with Crippen LogP contribution in [0.2, 0.25) is 0 Å². The Labute approximate surface area is 192 Å². The predicted molar refractivity (Wildman–Crippen MR) is 129 cm³/mol. The number of nitrogens with zero attached hydrogens (tertiary/aromatic N) is 2. The lowest BCUT2D eigenvalue weighted by atomic mass is 10.2. The topological polar surface area (TPSA) is 94.5 Å². The summed E-state index contributed by atoms with van der Waals surface area (Å²) in [6.45, 7) is 1.90. The number of aromatic nitrogens is 2. The molecule has 0 bridgehead atoms. The third-order valence-electron chi connectivity index (χ3n) is 4.96. The minimum Gasteiger partial charge on any atom is -0.495 e. The normalized spacial score (nSPS) is 11.1. The van der Waals surface area contributed by atoms with Crippen LogP contribution in [0.1, 0.15) is 5.56 Å². The summed E-state index contributed by atoms with van der Waals surface area (Å²) in [5, 5.41) is 10.6. The maximum atomic E-state index is 13.5. The molecule has 9 heteroatoms. The van der Waals surface area contributed by atoms with E-state index in [1.807, 2.05) is 37.3 Å². The number of methoxy groups -OCH3 is 2. The molecule has 170 valence electrons. The molecular formula is C24H24N4O4S. The zero-order chi connectivity index (χ0) is 23.4. The van der Waals surface area contributed by atoms with Crippen molar-refractivity contribution in [2.24, 2.45) is 0 Å². The fourth-order valence-corrected chi connectivity index (χ4v) is 4.51. The highest BCUT2D eigenvalue weighted by molar-refractivity contribution is 7.90. The highest BCUT2D eigenvalue weighted by Gasteiger charge is 2.24. The summed E-state index contributed by atoms with van der Waals surface area (Å²) in [4.78, 5) is 0.128. The molecule has 0 aliphatic carbocycles. The van der Waals surface area contributed by atoms with Gasteiger partial charge in [0.2, 0.25) is 0 Å². The summed E-state index contributed by atoms with van der Waals surface area (Å²) in [6.07, 6.45) is 0. The fraction of sp³-hybridized carbons (Fsp3) is 0.125.